The van der Waals surface area contributed by atoms with Crippen LogP contribution in [0.4, 0.5) is 13.2 Å². The molecule has 3 nitrogen and oxygen atoms in total. The van der Waals surface area contributed by atoms with E-state index in [1.165, 1.54) is 23.1 Å². The van der Waals surface area contributed by atoms with Gasteiger partial charge in [-0.2, -0.15) is 13.2 Å². The van der Waals surface area contributed by atoms with Gasteiger partial charge in [-0.25, -0.2) is 0 Å². The fourth-order valence-corrected chi connectivity index (χ4v) is 2.89. The molecule has 22 heavy (non-hydrogen) atoms. The van der Waals surface area contributed by atoms with Gasteiger partial charge < -0.3 is 10.0 Å². The maximum atomic E-state index is 13.0. The zero-order chi connectivity index (χ0) is 16.4. The number of aliphatic hydroxyl groups excluding tert-OH is 1. The van der Waals surface area contributed by atoms with Gasteiger partial charge >= 0.3 is 6.18 Å². The standard InChI is InChI=1S/C16H20F3NO2/c1-2-15(11-21)7-9-20(10-8-15)14(22)12-5-3-4-6-13(12)16(17,18)19/h3-6,21H,2,7-11H2,1H3. The number of piperidine rings is 1. The third kappa shape index (κ3) is 3.27. The summed E-state index contributed by atoms with van der Waals surface area (Å²) in [6.07, 6.45) is -2.52. The summed E-state index contributed by atoms with van der Waals surface area (Å²) in [7, 11) is 0. The zero-order valence-electron chi connectivity index (χ0n) is 12.5. The number of rotatable bonds is 3. The lowest BCUT2D eigenvalue weighted by atomic mass is 9.77. The Labute approximate surface area is 127 Å². The van der Waals surface area contributed by atoms with Crippen molar-refractivity contribution in [2.45, 2.75) is 32.4 Å². The van der Waals surface area contributed by atoms with Gasteiger partial charge in [-0.05, 0) is 36.8 Å². The molecule has 1 aliphatic rings. The molecule has 1 aromatic rings. The second kappa shape index (κ2) is 6.28. The smallest absolute Gasteiger partial charge is 0.396 e. The van der Waals surface area contributed by atoms with Crippen LogP contribution in [-0.2, 0) is 6.18 Å². The minimum Gasteiger partial charge on any atom is -0.396 e. The Hall–Kier alpha value is -1.56. The fourth-order valence-electron chi connectivity index (χ4n) is 2.89. The van der Waals surface area contributed by atoms with Gasteiger partial charge in [0.05, 0.1) is 11.1 Å². The first kappa shape index (κ1) is 16.8. The van der Waals surface area contributed by atoms with E-state index in [1.54, 1.807) is 0 Å². The topological polar surface area (TPSA) is 40.5 Å². The molecule has 0 aliphatic carbocycles. The van der Waals surface area contributed by atoms with Crippen molar-refractivity contribution < 1.29 is 23.1 Å². The van der Waals surface area contributed by atoms with E-state index >= 15 is 0 Å². The van der Waals surface area contributed by atoms with Gasteiger partial charge in [0.1, 0.15) is 0 Å². The minimum atomic E-state index is -4.54. The molecule has 0 radical (unpaired) electrons. The SMILES string of the molecule is CCC1(CO)CCN(C(=O)c2ccccc2C(F)(F)F)CC1. The molecule has 1 fully saturated rings. The number of carbonyl (C=O) groups excluding carboxylic acids is 1. The fraction of sp³-hybridized carbons (Fsp3) is 0.562. The van der Waals surface area contributed by atoms with E-state index in [0.717, 1.165) is 12.5 Å². The first-order chi connectivity index (χ1) is 10.3. The Kier molecular flexibility index (Phi) is 4.80. The summed E-state index contributed by atoms with van der Waals surface area (Å²) >= 11 is 0. The Balaban J connectivity index is 2.18. The molecule has 0 aromatic heterocycles. The van der Waals surface area contributed by atoms with Crippen LogP contribution < -0.4 is 0 Å². The van der Waals surface area contributed by atoms with Crippen LogP contribution in [0.5, 0.6) is 0 Å². The predicted octanol–water partition coefficient (Wildman–Crippen LogP) is 3.33. The van der Waals surface area contributed by atoms with E-state index in [-0.39, 0.29) is 17.6 Å². The van der Waals surface area contributed by atoms with Crippen LogP contribution in [0.15, 0.2) is 24.3 Å². The van der Waals surface area contributed by atoms with Crippen molar-refractivity contribution in [3.63, 3.8) is 0 Å². The average Bonchev–Trinajstić information content (AvgIpc) is 2.53. The third-order valence-corrected chi connectivity index (χ3v) is 4.66. The largest absolute Gasteiger partial charge is 0.417 e. The summed E-state index contributed by atoms with van der Waals surface area (Å²) < 4.78 is 39.0. The van der Waals surface area contributed by atoms with Crippen molar-refractivity contribution in [1.82, 2.24) is 4.90 Å². The number of likely N-dealkylation sites (tertiary alicyclic amines) is 1. The van der Waals surface area contributed by atoms with Crippen molar-refractivity contribution >= 4 is 5.91 Å². The lowest BCUT2D eigenvalue weighted by molar-refractivity contribution is -0.138. The molecule has 1 amide bonds. The van der Waals surface area contributed by atoms with Gasteiger partial charge in [-0.3, -0.25) is 4.79 Å². The molecule has 0 bridgehead atoms. The van der Waals surface area contributed by atoms with Crippen LogP contribution >= 0.6 is 0 Å². The van der Waals surface area contributed by atoms with Crippen molar-refractivity contribution in [3.05, 3.63) is 35.4 Å². The van der Waals surface area contributed by atoms with Crippen LogP contribution in [-0.4, -0.2) is 35.6 Å². The van der Waals surface area contributed by atoms with Crippen molar-refractivity contribution in [2.75, 3.05) is 19.7 Å². The Bertz CT molecular complexity index is 528. The number of amides is 1. The van der Waals surface area contributed by atoms with Crippen LogP contribution in [0.1, 0.15) is 42.1 Å². The number of nitrogens with zero attached hydrogens (tertiary/aromatic N) is 1. The molecule has 1 N–H and O–H groups in total. The number of aliphatic hydroxyl groups is 1. The summed E-state index contributed by atoms with van der Waals surface area (Å²) in [6, 6.07) is 4.88. The highest BCUT2D eigenvalue weighted by Gasteiger charge is 2.38. The van der Waals surface area contributed by atoms with Crippen LogP contribution in [0.2, 0.25) is 0 Å². The van der Waals surface area contributed by atoms with Gasteiger partial charge in [0.2, 0.25) is 0 Å². The molecule has 122 valence electrons. The van der Waals surface area contributed by atoms with E-state index < -0.39 is 17.6 Å². The summed E-state index contributed by atoms with van der Waals surface area (Å²) in [5.41, 5.74) is -1.40. The molecule has 6 heteroatoms. The lowest BCUT2D eigenvalue weighted by Crippen LogP contribution is -2.44. The molecular weight excluding hydrogens is 295 g/mol. The van der Waals surface area contributed by atoms with E-state index in [4.69, 9.17) is 0 Å². The molecule has 1 aliphatic heterocycles. The highest BCUT2D eigenvalue weighted by molar-refractivity contribution is 5.96. The molecule has 2 rings (SSSR count). The second-order valence-corrected chi connectivity index (χ2v) is 5.85. The second-order valence-electron chi connectivity index (χ2n) is 5.85. The van der Waals surface area contributed by atoms with E-state index in [0.29, 0.717) is 25.9 Å². The summed E-state index contributed by atoms with van der Waals surface area (Å²) in [6.45, 7) is 2.77. The number of alkyl halides is 3. The Morgan fingerprint density at radius 2 is 1.86 bits per heavy atom. The molecular formula is C16H20F3NO2. The van der Waals surface area contributed by atoms with Crippen molar-refractivity contribution in [2.24, 2.45) is 5.41 Å². The summed E-state index contributed by atoms with van der Waals surface area (Å²) in [5, 5.41) is 9.48. The average molecular weight is 315 g/mol. The number of benzene rings is 1. The normalized spacial score (nSPS) is 18.3. The van der Waals surface area contributed by atoms with Crippen LogP contribution in [0.3, 0.4) is 0 Å². The molecule has 0 spiro atoms. The molecule has 0 atom stereocenters. The van der Waals surface area contributed by atoms with E-state index in [2.05, 4.69) is 0 Å². The molecule has 0 unspecified atom stereocenters. The highest BCUT2D eigenvalue weighted by Crippen LogP contribution is 2.36. The maximum Gasteiger partial charge on any atom is 0.417 e. The number of carbonyl (C=O) groups is 1. The first-order valence-electron chi connectivity index (χ1n) is 7.39. The molecule has 1 heterocycles. The van der Waals surface area contributed by atoms with Gasteiger partial charge in [0, 0.05) is 19.7 Å². The summed E-state index contributed by atoms with van der Waals surface area (Å²) in [5.74, 6) is -0.587. The minimum absolute atomic E-state index is 0.0463. The van der Waals surface area contributed by atoms with Crippen molar-refractivity contribution in [3.8, 4) is 0 Å². The van der Waals surface area contributed by atoms with E-state index in [1.807, 2.05) is 6.92 Å². The Morgan fingerprint density at radius 3 is 2.36 bits per heavy atom. The lowest BCUT2D eigenvalue weighted by Gasteiger charge is -2.40. The van der Waals surface area contributed by atoms with Gasteiger partial charge in [0.15, 0.2) is 0 Å². The maximum absolute atomic E-state index is 13.0. The number of hydrogen-bond donors (Lipinski definition) is 1. The quantitative estimate of drug-likeness (QED) is 0.929. The molecule has 0 saturated carbocycles. The van der Waals surface area contributed by atoms with Crippen LogP contribution in [0, 0.1) is 5.41 Å². The molecule has 1 saturated heterocycles. The monoisotopic (exact) mass is 315 g/mol. The third-order valence-electron chi connectivity index (χ3n) is 4.66. The first-order valence-corrected chi connectivity index (χ1v) is 7.39. The van der Waals surface area contributed by atoms with Crippen LogP contribution in [0.25, 0.3) is 0 Å². The number of halogens is 3. The van der Waals surface area contributed by atoms with Gasteiger partial charge in [-0.15, -0.1) is 0 Å². The van der Waals surface area contributed by atoms with Gasteiger partial charge in [0.25, 0.3) is 5.91 Å². The zero-order valence-corrected chi connectivity index (χ0v) is 12.5. The summed E-state index contributed by atoms with van der Waals surface area (Å²) in [4.78, 5) is 13.9. The Morgan fingerprint density at radius 1 is 1.27 bits per heavy atom. The predicted molar refractivity (Wildman–Crippen MR) is 76.4 cm³/mol. The highest BCUT2D eigenvalue weighted by atomic mass is 19.4. The van der Waals surface area contributed by atoms with Crippen molar-refractivity contribution in [1.29, 1.82) is 0 Å². The van der Waals surface area contributed by atoms with E-state index in [9.17, 15) is 23.1 Å². The van der Waals surface area contributed by atoms with Gasteiger partial charge in [-0.1, -0.05) is 19.1 Å². The molecule has 1 aromatic carbocycles. The number of hydrogen-bond acceptors (Lipinski definition) is 2.